The highest BCUT2D eigenvalue weighted by molar-refractivity contribution is 6.05. The molecule has 1 aliphatic carbocycles. The third-order valence-corrected chi connectivity index (χ3v) is 5.22. The van der Waals surface area contributed by atoms with Crippen molar-refractivity contribution in [1.29, 1.82) is 0 Å². The second kappa shape index (κ2) is 6.83. The van der Waals surface area contributed by atoms with Crippen molar-refractivity contribution in [3.8, 4) is 0 Å². The van der Waals surface area contributed by atoms with Gasteiger partial charge in [0.2, 0.25) is 0 Å². The lowest BCUT2D eigenvalue weighted by atomic mass is 10.1. The standard InChI is InChI=1S/C21H22N2O3/c1-2-14-13-19(14)15-6-8-17(9-7-15)22-20(24)16-4-3-5-18(12-16)23-10-11-26-21(23)25/h3-9,12,14,19H,2,10-11,13H2,1H3,(H,22,24)/t14-,19+/m0/s1. The van der Waals surface area contributed by atoms with Gasteiger partial charge in [-0.2, -0.15) is 0 Å². The van der Waals surface area contributed by atoms with E-state index in [9.17, 15) is 9.59 Å². The molecule has 5 nitrogen and oxygen atoms in total. The minimum atomic E-state index is -0.372. The summed E-state index contributed by atoms with van der Waals surface area (Å²) < 4.78 is 4.95. The molecule has 0 radical (unpaired) electrons. The Morgan fingerprint density at radius 2 is 2.04 bits per heavy atom. The monoisotopic (exact) mass is 350 g/mol. The van der Waals surface area contributed by atoms with Crippen LogP contribution in [0.5, 0.6) is 0 Å². The van der Waals surface area contributed by atoms with Crippen molar-refractivity contribution in [2.75, 3.05) is 23.4 Å². The Balaban J connectivity index is 1.44. The van der Waals surface area contributed by atoms with Gasteiger partial charge in [0.25, 0.3) is 5.91 Å². The molecular formula is C21H22N2O3. The van der Waals surface area contributed by atoms with Gasteiger partial charge in [0.15, 0.2) is 0 Å². The Morgan fingerprint density at radius 3 is 2.69 bits per heavy atom. The second-order valence-electron chi connectivity index (χ2n) is 6.90. The van der Waals surface area contributed by atoms with Gasteiger partial charge in [0.1, 0.15) is 6.61 Å². The first-order chi connectivity index (χ1) is 12.7. The smallest absolute Gasteiger partial charge is 0.414 e. The number of anilines is 2. The van der Waals surface area contributed by atoms with Gasteiger partial charge in [-0.25, -0.2) is 4.79 Å². The number of ether oxygens (including phenoxy) is 1. The van der Waals surface area contributed by atoms with E-state index < -0.39 is 0 Å². The SMILES string of the molecule is CC[C@H]1C[C@H]1c1ccc(NC(=O)c2cccc(N3CCOC3=O)c2)cc1. The number of cyclic esters (lactones) is 1. The molecular weight excluding hydrogens is 328 g/mol. The van der Waals surface area contributed by atoms with E-state index in [-0.39, 0.29) is 12.0 Å². The van der Waals surface area contributed by atoms with Crippen molar-refractivity contribution in [2.24, 2.45) is 5.92 Å². The molecule has 0 unspecified atom stereocenters. The molecule has 2 atom stereocenters. The lowest BCUT2D eigenvalue weighted by Gasteiger charge is -2.14. The Kier molecular flexibility index (Phi) is 4.37. The van der Waals surface area contributed by atoms with Crippen LogP contribution in [0.2, 0.25) is 0 Å². The van der Waals surface area contributed by atoms with E-state index in [0.29, 0.717) is 30.3 Å². The number of carbonyl (C=O) groups is 2. The molecule has 0 bridgehead atoms. The summed E-state index contributed by atoms with van der Waals surface area (Å²) in [6.07, 6.45) is 2.13. The van der Waals surface area contributed by atoms with Gasteiger partial charge in [-0.3, -0.25) is 9.69 Å². The lowest BCUT2D eigenvalue weighted by Crippen LogP contribution is -2.23. The molecule has 1 aliphatic heterocycles. The topological polar surface area (TPSA) is 58.6 Å². The van der Waals surface area contributed by atoms with Crippen LogP contribution in [0.3, 0.4) is 0 Å². The zero-order valence-corrected chi connectivity index (χ0v) is 14.8. The second-order valence-corrected chi connectivity index (χ2v) is 6.90. The summed E-state index contributed by atoms with van der Waals surface area (Å²) in [7, 11) is 0. The highest BCUT2D eigenvalue weighted by Gasteiger charge is 2.36. The van der Waals surface area contributed by atoms with E-state index in [1.54, 1.807) is 24.3 Å². The Labute approximate surface area is 153 Å². The normalized spacial score (nSPS) is 21.4. The number of rotatable bonds is 5. The predicted octanol–water partition coefficient (Wildman–Crippen LogP) is 4.41. The third-order valence-electron chi connectivity index (χ3n) is 5.22. The van der Waals surface area contributed by atoms with Crippen molar-refractivity contribution >= 4 is 23.4 Å². The number of hydrogen-bond donors (Lipinski definition) is 1. The lowest BCUT2D eigenvalue weighted by molar-refractivity contribution is 0.102. The fourth-order valence-electron chi connectivity index (χ4n) is 3.57. The first-order valence-corrected chi connectivity index (χ1v) is 9.11. The van der Waals surface area contributed by atoms with Crippen LogP contribution in [-0.4, -0.2) is 25.2 Å². The van der Waals surface area contributed by atoms with E-state index in [1.807, 2.05) is 12.1 Å². The van der Waals surface area contributed by atoms with Crippen molar-refractivity contribution in [2.45, 2.75) is 25.7 Å². The zero-order valence-electron chi connectivity index (χ0n) is 14.8. The summed E-state index contributed by atoms with van der Waals surface area (Å²) in [5, 5.41) is 2.93. The third kappa shape index (κ3) is 3.29. The van der Waals surface area contributed by atoms with E-state index in [4.69, 9.17) is 4.74 Å². The van der Waals surface area contributed by atoms with Gasteiger partial charge in [-0.1, -0.05) is 31.5 Å². The number of hydrogen-bond acceptors (Lipinski definition) is 3. The molecule has 26 heavy (non-hydrogen) atoms. The Bertz CT molecular complexity index is 831. The highest BCUT2D eigenvalue weighted by Crippen LogP contribution is 2.49. The minimum absolute atomic E-state index is 0.190. The molecule has 4 rings (SSSR count). The van der Waals surface area contributed by atoms with Crippen LogP contribution in [0.1, 0.15) is 41.6 Å². The molecule has 2 fully saturated rings. The zero-order chi connectivity index (χ0) is 18.1. The van der Waals surface area contributed by atoms with Crippen molar-refractivity contribution in [1.82, 2.24) is 0 Å². The van der Waals surface area contributed by atoms with Crippen molar-refractivity contribution in [3.05, 3.63) is 59.7 Å². The molecule has 2 aliphatic rings. The molecule has 1 heterocycles. The van der Waals surface area contributed by atoms with Crippen LogP contribution in [0.25, 0.3) is 0 Å². The molecule has 2 aromatic rings. The number of carbonyl (C=O) groups excluding carboxylic acids is 2. The fraction of sp³-hybridized carbons (Fsp3) is 0.333. The molecule has 5 heteroatoms. The first-order valence-electron chi connectivity index (χ1n) is 9.11. The summed E-state index contributed by atoms with van der Waals surface area (Å²) >= 11 is 0. The maximum atomic E-state index is 12.5. The fourth-order valence-corrected chi connectivity index (χ4v) is 3.57. The number of benzene rings is 2. The van der Waals surface area contributed by atoms with Crippen LogP contribution in [-0.2, 0) is 4.74 Å². The highest BCUT2D eigenvalue weighted by atomic mass is 16.6. The Morgan fingerprint density at radius 1 is 1.23 bits per heavy atom. The largest absolute Gasteiger partial charge is 0.447 e. The molecule has 1 saturated heterocycles. The summed E-state index contributed by atoms with van der Waals surface area (Å²) in [4.78, 5) is 25.8. The maximum absolute atomic E-state index is 12.5. The molecule has 2 amide bonds. The van der Waals surface area contributed by atoms with Gasteiger partial charge >= 0.3 is 6.09 Å². The van der Waals surface area contributed by atoms with Crippen LogP contribution in [0.15, 0.2) is 48.5 Å². The van der Waals surface area contributed by atoms with Gasteiger partial charge in [0.05, 0.1) is 6.54 Å². The number of nitrogens with one attached hydrogen (secondary N) is 1. The predicted molar refractivity (Wildman–Crippen MR) is 101 cm³/mol. The number of amides is 2. The van der Waals surface area contributed by atoms with Crippen LogP contribution >= 0.6 is 0 Å². The van der Waals surface area contributed by atoms with Gasteiger partial charge in [-0.15, -0.1) is 0 Å². The van der Waals surface area contributed by atoms with E-state index in [2.05, 4.69) is 24.4 Å². The maximum Gasteiger partial charge on any atom is 0.414 e. The van der Waals surface area contributed by atoms with Crippen molar-refractivity contribution < 1.29 is 14.3 Å². The average molecular weight is 350 g/mol. The molecule has 0 aromatic heterocycles. The summed E-state index contributed by atoms with van der Waals surface area (Å²) in [5.41, 5.74) is 3.32. The molecule has 134 valence electrons. The summed E-state index contributed by atoms with van der Waals surface area (Å²) in [5.74, 6) is 1.31. The van der Waals surface area contributed by atoms with E-state index in [0.717, 1.165) is 11.6 Å². The van der Waals surface area contributed by atoms with E-state index >= 15 is 0 Å². The quantitative estimate of drug-likeness (QED) is 0.869. The van der Waals surface area contributed by atoms with Crippen LogP contribution in [0, 0.1) is 5.92 Å². The van der Waals surface area contributed by atoms with Gasteiger partial charge in [-0.05, 0) is 54.2 Å². The summed E-state index contributed by atoms with van der Waals surface area (Å²) in [6.45, 7) is 3.11. The number of nitrogens with zero attached hydrogens (tertiary/aromatic N) is 1. The first kappa shape index (κ1) is 16.6. The Hall–Kier alpha value is -2.82. The van der Waals surface area contributed by atoms with Gasteiger partial charge < -0.3 is 10.1 Å². The van der Waals surface area contributed by atoms with E-state index in [1.165, 1.54) is 23.3 Å². The van der Waals surface area contributed by atoms with Gasteiger partial charge in [0, 0.05) is 16.9 Å². The summed E-state index contributed by atoms with van der Waals surface area (Å²) in [6, 6.07) is 15.2. The van der Waals surface area contributed by atoms with Crippen LogP contribution in [0.4, 0.5) is 16.2 Å². The molecule has 2 aromatic carbocycles. The average Bonchev–Trinajstić information content (AvgIpc) is 3.34. The molecule has 1 saturated carbocycles. The van der Waals surface area contributed by atoms with Crippen molar-refractivity contribution in [3.63, 3.8) is 0 Å². The minimum Gasteiger partial charge on any atom is -0.447 e. The van der Waals surface area contributed by atoms with Crippen LogP contribution < -0.4 is 10.2 Å². The molecule has 1 N–H and O–H groups in total. The molecule has 0 spiro atoms.